The summed E-state index contributed by atoms with van der Waals surface area (Å²) in [7, 11) is 0. The van der Waals surface area contributed by atoms with Crippen LogP contribution >= 0.6 is 31.9 Å². The minimum absolute atomic E-state index is 0.111. The molecule has 0 aliphatic rings. The number of hydrogen-bond donors (Lipinski definition) is 1. The molecule has 0 saturated carbocycles. The highest BCUT2D eigenvalue weighted by Crippen LogP contribution is 2.30. The standard InChI is InChI=1S/C19H18Br2N2O2/c1-13-8-14(2)19(17(21)9-13)25-12-18(24)23-22-11-16(20)10-15-6-4-3-5-7-15/h3-11H,12H2,1-2H3,(H,23,24). The average Bonchev–Trinajstić information content (AvgIpc) is 2.54. The zero-order chi connectivity index (χ0) is 18.2. The molecule has 0 atom stereocenters. The van der Waals surface area contributed by atoms with Crippen molar-refractivity contribution in [3.05, 3.63) is 68.1 Å². The number of hydrogen-bond acceptors (Lipinski definition) is 3. The third-order valence-electron chi connectivity index (χ3n) is 3.20. The van der Waals surface area contributed by atoms with Crippen LogP contribution in [0, 0.1) is 13.8 Å². The van der Waals surface area contributed by atoms with Crippen LogP contribution in [0.25, 0.3) is 6.08 Å². The van der Waals surface area contributed by atoms with Gasteiger partial charge in [-0.25, -0.2) is 5.43 Å². The second kappa shape index (κ2) is 9.53. The van der Waals surface area contributed by atoms with Gasteiger partial charge in [-0.15, -0.1) is 0 Å². The van der Waals surface area contributed by atoms with Gasteiger partial charge in [0.15, 0.2) is 6.61 Å². The maximum Gasteiger partial charge on any atom is 0.277 e. The van der Waals surface area contributed by atoms with Crippen molar-refractivity contribution in [1.29, 1.82) is 0 Å². The zero-order valence-corrected chi connectivity index (χ0v) is 17.1. The molecule has 4 nitrogen and oxygen atoms in total. The Morgan fingerprint density at radius 2 is 1.96 bits per heavy atom. The molecule has 2 aromatic carbocycles. The van der Waals surface area contributed by atoms with Crippen LogP contribution in [0.2, 0.25) is 0 Å². The quantitative estimate of drug-likeness (QED) is 0.483. The van der Waals surface area contributed by atoms with Crippen LogP contribution in [0.5, 0.6) is 5.75 Å². The monoisotopic (exact) mass is 464 g/mol. The van der Waals surface area contributed by atoms with Gasteiger partial charge in [0.05, 0.1) is 10.7 Å². The van der Waals surface area contributed by atoms with Crippen molar-refractivity contribution in [3.63, 3.8) is 0 Å². The van der Waals surface area contributed by atoms with Gasteiger partial charge in [-0.2, -0.15) is 5.10 Å². The fraction of sp³-hybridized carbons (Fsp3) is 0.158. The number of aryl methyl sites for hydroxylation is 2. The van der Waals surface area contributed by atoms with Gasteiger partial charge in [-0.3, -0.25) is 4.79 Å². The number of nitrogens with one attached hydrogen (secondary N) is 1. The van der Waals surface area contributed by atoms with E-state index in [4.69, 9.17) is 4.74 Å². The van der Waals surface area contributed by atoms with Crippen molar-refractivity contribution in [3.8, 4) is 5.75 Å². The molecule has 25 heavy (non-hydrogen) atoms. The first kappa shape index (κ1) is 19.4. The summed E-state index contributed by atoms with van der Waals surface area (Å²) >= 11 is 6.84. The molecule has 0 saturated heterocycles. The van der Waals surface area contributed by atoms with E-state index in [0.717, 1.165) is 25.6 Å². The summed E-state index contributed by atoms with van der Waals surface area (Å²) in [5.41, 5.74) is 5.57. The van der Waals surface area contributed by atoms with Crippen molar-refractivity contribution >= 4 is 50.1 Å². The molecular formula is C19H18Br2N2O2. The van der Waals surface area contributed by atoms with Crippen molar-refractivity contribution in [2.45, 2.75) is 13.8 Å². The molecule has 1 N–H and O–H groups in total. The Balaban J connectivity index is 1.86. The second-order valence-electron chi connectivity index (χ2n) is 5.41. The van der Waals surface area contributed by atoms with Gasteiger partial charge >= 0.3 is 0 Å². The molecule has 0 heterocycles. The summed E-state index contributed by atoms with van der Waals surface area (Å²) in [5.74, 6) is 0.331. The molecular weight excluding hydrogens is 448 g/mol. The molecule has 130 valence electrons. The van der Waals surface area contributed by atoms with Crippen molar-refractivity contribution < 1.29 is 9.53 Å². The van der Waals surface area contributed by atoms with E-state index in [-0.39, 0.29) is 12.5 Å². The van der Waals surface area contributed by atoms with E-state index in [0.29, 0.717) is 5.75 Å². The van der Waals surface area contributed by atoms with E-state index in [2.05, 4.69) is 42.4 Å². The van der Waals surface area contributed by atoms with Crippen LogP contribution in [-0.4, -0.2) is 18.7 Å². The molecule has 0 radical (unpaired) electrons. The van der Waals surface area contributed by atoms with E-state index in [9.17, 15) is 4.79 Å². The smallest absolute Gasteiger partial charge is 0.277 e. The number of nitrogens with zero attached hydrogens (tertiary/aromatic N) is 1. The lowest BCUT2D eigenvalue weighted by molar-refractivity contribution is -0.123. The molecule has 1 amide bonds. The van der Waals surface area contributed by atoms with Crippen LogP contribution < -0.4 is 10.2 Å². The van der Waals surface area contributed by atoms with E-state index in [1.54, 1.807) is 0 Å². The predicted molar refractivity (Wildman–Crippen MR) is 109 cm³/mol. The summed E-state index contributed by atoms with van der Waals surface area (Å²) in [6.07, 6.45) is 3.43. The van der Waals surface area contributed by atoms with Crippen molar-refractivity contribution in [2.24, 2.45) is 5.10 Å². The maximum atomic E-state index is 11.8. The van der Waals surface area contributed by atoms with Crippen molar-refractivity contribution in [2.75, 3.05) is 6.61 Å². The van der Waals surface area contributed by atoms with Gasteiger partial charge in [0.2, 0.25) is 0 Å². The van der Waals surface area contributed by atoms with E-state index in [1.165, 1.54) is 6.21 Å². The summed E-state index contributed by atoms with van der Waals surface area (Å²) in [4.78, 5) is 11.8. The first-order valence-corrected chi connectivity index (χ1v) is 9.18. The normalized spacial score (nSPS) is 11.6. The number of rotatable bonds is 6. The van der Waals surface area contributed by atoms with E-state index in [1.807, 2.05) is 62.4 Å². The van der Waals surface area contributed by atoms with Crippen LogP contribution in [0.4, 0.5) is 0 Å². The Morgan fingerprint density at radius 1 is 1.24 bits per heavy atom. The lowest BCUT2D eigenvalue weighted by atomic mass is 10.1. The number of hydrazone groups is 1. The average molecular weight is 466 g/mol. The van der Waals surface area contributed by atoms with Gasteiger partial charge in [-0.1, -0.05) is 36.4 Å². The molecule has 0 unspecified atom stereocenters. The predicted octanol–water partition coefficient (Wildman–Crippen LogP) is 4.98. The fourth-order valence-corrected chi connectivity index (χ4v) is 3.32. The minimum Gasteiger partial charge on any atom is -0.482 e. The van der Waals surface area contributed by atoms with Crippen molar-refractivity contribution in [1.82, 2.24) is 5.43 Å². The van der Waals surface area contributed by atoms with Crippen LogP contribution in [0.3, 0.4) is 0 Å². The molecule has 6 heteroatoms. The third-order valence-corrected chi connectivity index (χ3v) is 4.23. The number of carbonyl (C=O) groups excluding carboxylic acids is 1. The Morgan fingerprint density at radius 3 is 2.64 bits per heavy atom. The Bertz CT molecular complexity index is 779. The van der Waals surface area contributed by atoms with Crippen LogP contribution in [0.1, 0.15) is 16.7 Å². The molecule has 2 aromatic rings. The highest BCUT2D eigenvalue weighted by atomic mass is 79.9. The van der Waals surface area contributed by atoms with Gasteiger partial charge in [0, 0.05) is 4.48 Å². The lowest BCUT2D eigenvalue weighted by Crippen LogP contribution is -2.24. The summed E-state index contributed by atoms with van der Waals surface area (Å²) in [5, 5.41) is 3.91. The highest BCUT2D eigenvalue weighted by Gasteiger charge is 2.08. The maximum absolute atomic E-state index is 11.8. The molecule has 0 aromatic heterocycles. The summed E-state index contributed by atoms with van der Waals surface area (Å²) in [6.45, 7) is 3.83. The number of halogens is 2. The molecule has 0 fully saturated rings. The molecule has 0 aliphatic heterocycles. The minimum atomic E-state index is -0.330. The largest absolute Gasteiger partial charge is 0.482 e. The SMILES string of the molecule is Cc1cc(C)c(OCC(=O)NN=CC(Br)=Cc2ccccc2)c(Br)c1. The van der Waals surface area contributed by atoms with Crippen LogP contribution in [-0.2, 0) is 4.79 Å². The van der Waals surface area contributed by atoms with Gasteiger partial charge in [0.25, 0.3) is 5.91 Å². The van der Waals surface area contributed by atoms with E-state index >= 15 is 0 Å². The zero-order valence-electron chi connectivity index (χ0n) is 13.9. The molecule has 0 spiro atoms. The van der Waals surface area contributed by atoms with Crippen LogP contribution in [0.15, 0.2) is 56.5 Å². The Labute approximate surface area is 164 Å². The Kier molecular flexibility index (Phi) is 7.40. The van der Waals surface area contributed by atoms with Gasteiger partial charge in [0.1, 0.15) is 5.75 Å². The molecule has 0 bridgehead atoms. The Hall–Kier alpha value is -1.92. The lowest BCUT2D eigenvalue weighted by Gasteiger charge is -2.11. The molecule has 0 aliphatic carbocycles. The van der Waals surface area contributed by atoms with Gasteiger partial charge < -0.3 is 4.74 Å². The fourth-order valence-electron chi connectivity index (χ4n) is 2.17. The number of benzene rings is 2. The second-order valence-corrected chi connectivity index (χ2v) is 7.18. The first-order valence-electron chi connectivity index (χ1n) is 7.59. The topological polar surface area (TPSA) is 50.7 Å². The van der Waals surface area contributed by atoms with Gasteiger partial charge in [-0.05, 0) is 74.5 Å². The summed E-state index contributed by atoms with van der Waals surface area (Å²) in [6, 6.07) is 13.8. The van der Waals surface area contributed by atoms with E-state index < -0.39 is 0 Å². The number of carbonyl (C=O) groups is 1. The number of ether oxygens (including phenoxy) is 1. The first-order chi connectivity index (χ1) is 12.0. The molecule has 2 rings (SSSR count). The number of allylic oxidation sites excluding steroid dienone is 1. The third kappa shape index (κ3) is 6.48. The summed E-state index contributed by atoms with van der Waals surface area (Å²) < 4.78 is 7.15. The number of amides is 1. The highest BCUT2D eigenvalue weighted by molar-refractivity contribution is 9.12.